The van der Waals surface area contributed by atoms with E-state index in [0.29, 0.717) is 0 Å². The molecule has 1 unspecified atom stereocenters. The Hall–Kier alpha value is -2.22. The van der Waals surface area contributed by atoms with Gasteiger partial charge in [-0.15, -0.1) is 0 Å². The van der Waals surface area contributed by atoms with Crippen molar-refractivity contribution in [3.63, 3.8) is 0 Å². The maximum absolute atomic E-state index is 11.9. The second kappa shape index (κ2) is 6.10. The molecule has 9 heteroatoms. The van der Waals surface area contributed by atoms with E-state index in [1.54, 1.807) is 6.92 Å². The monoisotopic (exact) mass is 286 g/mol. The van der Waals surface area contributed by atoms with Gasteiger partial charge in [0, 0.05) is 12.5 Å². The zero-order valence-electron chi connectivity index (χ0n) is 9.92. The van der Waals surface area contributed by atoms with Crippen molar-refractivity contribution in [3.8, 4) is 0 Å². The molecule has 0 aliphatic heterocycles. The summed E-state index contributed by atoms with van der Waals surface area (Å²) < 4.78 is 0. The van der Waals surface area contributed by atoms with Crippen LogP contribution in [0.5, 0.6) is 0 Å². The van der Waals surface area contributed by atoms with Crippen LogP contribution in [0, 0.1) is 10.1 Å². The number of hydrogen-bond acceptors (Lipinski definition) is 5. The van der Waals surface area contributed by atoms with Crippen LogP contribution >= 0.6 is 11.6 Å². The number of primary amides is 1. The molecule has 102 valence electrons. The van der Waals surface area contributed by atoms with Gasteiger partial charge in [0.05, 0.1) is 4.92 Å². The van der Waals surface area contributed by atoms with E-state index in [2.05, 4.69) is 10.3 Å². The van der Waals surface area contributed by atoms with E-state index >= 15 is 0 Å². The van der Waals surface area contributed by atoms with Crippen LogP contribution in [0.25, 0.3) is 0 Å². The molecule has 0 radical (unpaired) electrons. The van der Waals surface area contributed by atoms with Gasteiger partial charge < -0.3 is 11.1 Å². The van der Waals surface area contributed by atoms with Gasteiger partial charge in [-0.25, -0.2) is 4.98 Å². The normalized spacial score (nSPS) is 11.7. The smallest absolute Gasteiger partial charge is 0.300 e. The average Bonchev–Trinajstić information content (AvgIpc) is 2.26. The zero-order valence-corrected chi connectivity index (χ0v) is 10.7. The second-order valence-corrected chi connectivity index (χ2v) is 4.21. The SMILES string of the molecule is CC(CC(N)=O)NC(=O)c1cc(Cl)ncc1[N+](=O)[O-]. The first kappa shape index (κ1) is 14.8. The quantitative estimate of drug-likeness (QED) is 0.466. The molecule has 0 saturated heterocycles. The van der Waals surface area contributed by atoms with Gasteiger partial charge in [-0.2, -0.15) is 0 Å². The fourth-order valence-electron chi connectivity index (χ4n) is 1.40. The van der Waals surface area contributed by atoms with Crippen LogP contribution in [0.2, 0.25) is 5.15 Å². The number of carbonyl (C=O) groups excluding carboxylic acids is 2. The summed E-state index contributed by atoms with van der Waals surface area (Å²) in [5.74, 6) is -1.31. The van der Waals surface area contributed by atoms with Crippen LogP contribution in [0.4, 0.5) is 5.69 Å². The van der Waals surface area contributed by atoms with E-state index in [1.807, 2.05) is 0 Å². The maximum atomic E-state index is 11.9. The first-order chi connectivity index (χ1) is 8.81. The number of amides is 2. The summed E-state index contributed by atoms with van der Waals surface area (Å²) in [7, 11) is 0. The third kappa shape index (κ3) is 4.18. The molecule has 2 amide bonds. The Balaban J connectivity index is 2.95. The minimum Gasteiger partial charge on any atom is -0.370 e. The highest BCUT2D eigenvalue weighted by Crippen LogP contribution is 2.20. The summed E-state index contributed by atoms with van der Waals surface area (Å²) in [5, 5.41) is 13.1. The molecule has 1 aromatic heterocycles. The lowest BCUT2D eigenvalue weighted by molar-refractivity contribution is -0.385. The molecule has 1 rings (SSSR count). The Morgan fingerprint density at radius 3 is 2.79 bits per heavy atom. The molecular weight excluding hydrogens is 276 g/mol. The highest BCUT2D eigenvalue weighted by molar-refractivity contribution is 6.29. The zero-order chi connectivity index (χ0) is 14.6. The van der Waals surface area contributed by atoms with Crippen LogP contribution < -0.4 is 11.1 Å². The first-order valence-corrected chi connectivity index (χ1v) is 5.58. The lowest BCUT2D eigenvalue weighted by Crippen LogP contribution is -2.36. The summed E-state index contributed by atoms with van der Waals surface area (Å²) >= 11 is 5.60. The highest BCUT2D eigenvalue weighted by atomic mass is 35.5. The molecule has 1 atom stereocenters. The van der Waals surface area contributed by atoms with Crippen molar-refractivity contribution < 1.29 is 14.5 Å². The number of nitrogens with two attached hydrogens (primary N) is 1. The van der Waals surface area contributed by atoms with Crippen molar-refractivity contribution >= 4 is 29.1 Å². The summed E-state index contributed by atoms with van der Waals surface area (Å²) in [6, 6.07) is 0.544. The molecule has 0 fully saturated rings. The number of nitrogens with one attached hydrogen (secondary N) is 1. The number of nitro groups is 1. The van der Waals surface area contributed by atoms with E-state index in [-0.39, 0.29) is 17.1 Å². The first-order valence-electron chi connectivity index (χ1n) is 5.20. The van der Waals surface area contributed by atoms with Crippen LogP contribution in [0.15, 0.2) is 12.3 Å². The minimum absolute atomic E-state index is 0.0432. The van der Waals surface area contributed by atoms with Gasteiger partial charge in [-0.1, -0.05) is 11.6 Å². The molecule has 0 spiro atoms. The molecule has 8 nitrogen and oxygen atoms in total. The predicted octanol–water partition coefficient (Wildman–Crippen LogP) is 0.637. The number of pyridine rings is 1. The van der Waals surface area contributed by atoms with Crippen molar-refractivity contribution in [2.75, 3.05) is 0 Å². The number of nitrogens with zero attached hydrogens (tertiary/aromatic N) is 2. The molecular formula is C10H11ClN4O4. The molecule has 0 bridgehead atoms. The third-order valence-electron chi connectivity index (χ3n) is 2.18. The average molecular weight is 287 g/mol. The Labute approximate surface area is 113 Å². The lowest BCUT2D eigenvalue weighted by Gasteiger charge is -2.11. The van der Waals surface area contributed by atoms with Crippen molar-refractivity contribution in [3.05, 3.63) is 33.1 Å². The summed E-state index contributed by atoms with van der Waals surface area (Å²) in [5.41, 5.74) is 4.29. The van der Waals surface area contributed by atoms with E-state index in [4.69, 9.17) is 17.3 Å². The number of halogens is 1. The van der Waals surface area contributed by atoms with Gasteiger partial charge in [-0.05, 0) is 13.0 Å². The Morgan fingerprint density at radius 1 is 1.63 bits per heavy atom. The van der Waals surface area contributed by atoms with Crippen LogP contribution in [0.1, 0.15) is 23.7 Å². The number of carbonyl (C=O) groups is 2. The standard InChI is InChI=1S/C10H11ClN4O4/c1-5(2-9(12)16)14-10(17)6-3-8(11)13-4-7(6)15(18)19/h3-5H,2H2,1H3,(H2,12,16)(H,14,17). The summed E-state index contributed by atoms with van der Waals surface area (Å²) in [6.45, 7) is 1.55. The van der Waals surface area contributed by atoms with Gasteiger partial charge in [-0.3, -0.25) is 19.7 Å². The number of aromatic nitrogens is 1. The second-order valence-electron chi connectivity index (χ2n) is 3.83. The molecule has 1 heterocycles. The van der Waals surface area contributed by atoms with Gasteiger partial charge in [0.1, 0.15) is 16.9 Å². The Bertz CT molecular complexity index is 534. The Morgan fingerprint density at radius 2 is 2.26 bits per heavy atom. The van der Waals surface area contributed by atoms with Crippen LogP contribution in [-0.4, -0.2) is 27.8 Å². The van der Waals surface area contributed by atoms with Crippen molar-refractivity contribution in [2.45, 2.75) is 19.4 Å². The van der Waals surface area contributed by atoms with E-state index in [9.17, 15) is 19.7 Å². The van der Waals surface area contributed by atoms with Crippen LogP contribution in [0.3, 0.4) is 0 Å². The van der Waals surface area contributed by atoms with Gasteiger partial charge >= 0.3 is 0 Å². The van der Waals surface area contributed by atoms with Gasteiger partial charge in [0.15, 0.2) is 0 Å². The van der Waals surface area contributed by atoms with Crippen molar-refractivity contribution in [2.24, 2.45) is 5.73 Å². The predicted molar refractivity (Wildman–Crippen MR) is 66.6 cm³/mol. The molecule has 0 aliphatic carbocycles. The maximum Gasteiger partial charge on any atom is 0.300 e. The van der Waals surface area contributed by atoms with Crippen molar-refractivity contribution in [1.29, 1.82) is 0 Å². The fraction of sp³-hybridized carbons (Fsp3) is 0.300. The van der Waals surface area contributed by atoms with Gasteiger partial charge in [0.2, 0.25) is 5.91 Å². The Kier molecular flexibility index (Phi) is 4.76. The van der Waals surface area contributed by atoms with Gasteiger partial charge in [0.25, 0.3) is 11.6 Å². The molecule has 0 aliphatic rings. The fourth-order valence-corrected chi connectivity index (χ4v) is 1.56. The molecule has 1 aromatic rings. The van der Waals surface area contributed by atoms with E-state index in [0.717, 1.165) is 12.3 Å². The largest absolute Gasteiger partial charge is 0.370 e. The summed E-state index contributed by atoms with van der Waals surface area (Å²) in [6.07, 6.45) is 0.828. The third-order valence-corrected chi connectivity index (χ3v) is 2.38. The lowest BCUT2D eigenvalue weighted by atomic mass is 10.1. The minimum atomic E-state index is -0.739. The molecule has 3 N–H and O–H groups in total. The van der Waals surface area contributed by atoms with Crippen LogP contribution in [-0.2, 0) is 4.79 Å². The van der Waals surface area contributed by atoms with E-state index < -0.39 is 28.5 Å². The number of hydrogen-bond donors (Lipinski definition) is 2. The highest BCUT2D eigenvalue weighted by Gasteiger charge is 2.22. The molecule has 0 aromatic carbocycles. The topological polar surface area (TPSA) is 128 Å². The molecule has 0 saturated carbocycles. The number of rotatable bonds is 5. The van der Waals surface area contributed by atoms with Crippen molar-refractivity contribution in [1.82, 2.24) is 10.3 Å². The van der Waals surface area contributed by atoms with E-state index in [1.165, 1.54) is 0 Å². The molecule has 19 heavy (non-hydrogen) atoms. The summed E-state index contributed by atoms with van der Waals surface area (Å²) in [4.78, 5) is 36.1.